The van der Waals surface area contributed by atoms with Gasteiger partial charge in [-0.25, -0.2) is 0 Å². The van der Waals surface area contributed by atoms with Crippen molar-refractivity contribution < 1.29 is 28.6 Å². The molecule has 0 N–H and O–H groups in total. The van der Waals surface area contributed by atoms with E-state index in [1.165, 1.54) is 225 Å². The van der Waals surface area contributed by atoms with Crippen LogP contribution in [0.2, 0.25) is 0 Å². The van der Waals surface area contributed by atoms with Gasteiger partial charge in [0.1, 0.15) is 13.2 Å². The molecule has 66 heavy (non-hydrogen) atoms. The van der Waals surface area contributed by atoms with Crippen LogP contribution in [0.3, 0.4) is 0 Å². The number of unbranched alkanes of at least 4 members (excludes halogenated alkanes) is 39. The number of ether oxygens (including phenoxy) is 3. The van der Waals surface area contributed by atoms with Crippen molar-refractivity contribution in [2.45, 2.75) is 343 Å². The van der Waals surface area contributed by atoms with Gasteiger partial charge in [0.2, 0.25) is 0 Å². The summed E-state index contributed by atoms with van der Waals surface area (Å²) in [7, 11) is 0. The molecule has 0 bridgehead atoms. The Morgan fingerprint density at radius 2 is 0.500 bits per heavy atom. The molecule has 0 unspecified atom stereocenters. The normalized spacial score (nSPS) is 12.0. The first kappa shape index (κ1) is 64.4. The van der Waals surface area contributed by atoms with E-state index in [2.05, 4.69) is 34.6 Å². The van der Waals surface area contributed by atoms with Crippen molar-refractivity contribution in [3.05, 3.63) is 0 Å². The molecule has 0 aliphatic rings. The highest BCUT2D eigenvalue weighted by molar-refractivity contribution is 5.71. The van der Waals surface area contributed by atoms with Gasteiger partial charge in [-0.15, -0.1) is 0 Å². The van der Waals surface area contributed by atoms with Gasteiger partial charge in [0, 0.05) is 19.3 Å². The number of hydrogen-bond donors (Lipinski definition) is 0. The molecule has 0 rings (SSSR count). The van der Waals surface area contributed by atoms with Crippen molar-refractivity contribution in [1.29, 1.82) is 0 Å². The number of carbonyl (C=O) groups excluding carboxylic acids is 3. The maximum absolute atomic E-state index is 12.8. The molecule has 0 saturated carbocycles. The van der Waals surface area contributed by atoms with Gasteiger partial charge in [-0.2, -0.15) is 0 Å². The van der Waals surface area contributed by atoms with Gasteiger partial charge in [-0.3, -0.25) is 14.4 Å². The van der Waals surface area contributed by atoms with E-state index in [0.29, 0.717) is 19.3 Å². The minimum Gasteiger partial charge on any atom is -0.462 e. The number of hydrogen-bond acceptors (Lipinski definition) is 6. The zero-order valence-electron chi connectivity index (χ0n) is 45.3. The highest BCUT2D eigenvalue weighted by atomic mass is 16.6. The molecule has 0 aromatic heterocycles. The van der Waals surface area contributed by atoms with Gasteiger partial charge in [-0.05, 0) is 31.1 Å². The largest absolute Gasteiger partial charge is 0.462 e. The number of carbonyl (C=O) groups is 3. The Morgan fingerprint density at radius 1 is 0.288 bits per heavy atom. The van der Waals surface area contributed by atoms with Crippen molar-refractivity contribution in [2.75, 3.05) is 13.2 Å². The molecule has 392 valence electrons. The quantitative estimate of drug-likeness (QED) is 0.0343. The minimum absolute atomic E-state index is 0.0623. The van der Waals surface area contributed by atoms with Crippen molar-refractivity contribution in [2.24, 2.45) is 11.8 Å². The molecular formula is C60H116O6. The molecule has 0 amide bonds. The second kappa shape index (κ2) is 52.8. The molecule has 0 aliphatic carbocycles. The standard InChI is InChI=1S/C60H116O6/c1-6-7-8-9-10-11-12-13-19-27-32-37-42-47-52-60(63)66-57(54-65-59(62)51-46-41-36-31-26-22-21-24-29-34-39-44-49-56(4)5)53-64-58(61)50-45-40-35-30-25-20-17-15-14-16-18-23-28-33-38-43-48-55(2)3/h55-57H,6-54H2,1-5H3/t57-/m1/s1. The second-order valence-electron chi connectivity index (χ2n) is 21.6. The molecule has 0 aliphatic heterocycles. The molecule has 0 aromatic carbocycles. The van der Waals surface area contributed by atoms with Crippen LogP contribution in [0, 0.1) is 11.8 Å². The van der Waals surface area contributed by atoms with E-state index in [4.69, 9.17) is 14.2 Å². The van der Waals surface area contributed by atoms with E-state index in [1.807, 2.05) is 0 Å². The van der Waals surface area contributed by atoms with Gasteiger partial charge < -0.3 is 14.2 Å². The van der Waals surface area contributed by atoms with Crippen molar-refractivity contribution >= 4 is 17.9 Å². The summed E-state index contributed by atoms with van der Waals surface area (Å²) in [5.74, 6) is 0.850. The molecule has 6 heteroatoms. The Balaban J connectivity index is 4.27. The van der Waals surface area contributed by atoms with Gasteiger partial charge >= 0.3 is 17.9 Å². The van der Waals surface area contributed by atoms with E-state index in [9.17, 15) is 14.4 Å². The molecule has 0 aromatic rings. The lowest BCUT2D eigenvalue weighted by Crippen LogP contribution is -2.30. The Morgan fingerprint density at radius 3 is 0.742 bits per heavy atom. The van der Waals surface area contributed by atoms with Crippen molar-refractivity contribution in [3.8, 4) is 0 Å². The van der Waals surface area contributed by atoms with Crippen LogP contribution < -0.4 is 0 Å². The fourth-order valence-corrected chi connectivity index (χ4v) is 9.23. The summed E-state index contributed by atoms with van der Waals surface area (Å²) in [4.78, 5) is 38.2. The highest BCUT2D eigenvalue weighted by Crippen LogP contribution is 2.18. The molecule has 6 nitrogen and oxygen atoms in total. The van der Waals surface area contributed by atoms with Gasteiger partial charge in [0.05, 0.1) is 0 Å². The van der Waals surface area contributed by atoms with Crippen LogP contribution in [0.25, 0.3) is 0 Å². The molecular weight excluding hydrogens is 817 g/mol. The lowest BCUT2D eigenvalue weighted by Gasteiger charge is -2.18. The number of rotatable bonds is 54. The Kier molecular flexibility index (Phi) is 51.5. The SMILES string of the molecule is CCCCCCCCCCCCCCCCC(=O)O[C@H](COC(=O)CCCCCCCCCCCCCCCCCCC(C)C)COC(=O)CCCCCCCCCCCCCCC(C)C. The van der Waals surface area contributed by atoms with E-state index in [-0.39, 0.29) is 31.1 Å². The summed E-state index contributed by atoms with van der Waals surface area (Å²) in [6.07, 6.45) is 56.6. The zero-order chi connectivity index (χ0) is 48.2. The summed E-state index contributed by atoms with van der Waals surface area (Å²) in [6.45, 7) is 11.4. The summed E-state index contributed by atoms with van der Waals surface area (Å²) < 4.78 is 16.9. The molecule has 0 spiro atoms. The summed E-state index contributed by atoms with van der Waals surface area (Å²) in [5.41, 5.74) is 0. The van der Waals surface area contributed by atoms with Crippen molar-refractivity contribution in [1.82, 2.24) is 0 Å². The van der Waals surface area contributed by atoms with Crippen LogP contribution in [-0.4, -0.2) is 37.2 Å². The fraction of sp³-hybridized carbons (Fsp3) is 0.950. The maximum Gasteiger partial charge on any atom is 0.306 e. The van der Waals surface area contributed by atoms with E-state index >= 15 is 0 Å². The Labute approximate surface area is 412 Å². The van der Waals surface area contributed by atoms with Crippen LogP contribution >= 0.6 is 0 Å². The first-order valence-corrected chi connectivity index (χ1v) is 29.7. The average molecular weight is 934 g/mol. The zero-order valence-corrected chi connectivity index (χ0v) is 45.3. The van der Waals surface area contributed by atoms with E-state index in [1.54, 1.807) is 0 Å². The molecule has 0 saturated heterocycles. The van der Waals surface area contributed by atoms with Crippen LogP contribution in [0.1, 0.15) is 336 Å². The fourth-order valence-electron chi connectivity index (χ4n) is 9.23. The predicted molar refractivity (Wildman–Crippen MR) is 284 cm³/mol. The van der Waals surface area contributed by atoms with Crippen molar-refractivity contribution in [3.63, 3.8) is 0 Å². The predicted octanol–water partition coefficient (Wildman–Crippen LogP) is 19.7. The lowest BCUT2D eigenvalue weighted by molar-refractivity contribution is -0.167. The first-order valence-electron chi connectivity index (χ1n) is 29.7. The third kappa shape index (κ3) is 53.4. The van der Waals surface area contributed by atoms with Crippen LogP contribution in [0.5, 0.6) is 0 Å². The van der Waals surface area contributed by atoms with E-state index in [0.717, 1.165) is 69.6 Å². The summed E-state index contributed by atoms with van der Waals surface area (Å²) in [6, 6.07) is 0. The van der Waals surface area contributed by atoms with Gasteiger partial charge in [0.25, 0.3) is 0 Å². The maximum atomic E-state index is 12.8. The Bertz CT molecular complexity index is 1010. The summed E-state index contributed by atoms with van der Waals surface area (Å²) in [5, 5.41) is 0. The smallest absolute Gasteiger partial charge is 0.306 e. The van der Waals surface area contributed by atoms with Crippen LogP contribution in [0.15, 0.2) is 0 Å². The highest BCUT2D eigenvalue weighted by Gasteiger charge is 2.19. The monoisotopic (exact) mass is 933 g/mol. The number of esters is 3. The summed E-state index contributed by atoms with van der Waals surface area (Å²) >= 11 is 0. The average Bonchev–Trinajstić information content (AvgIpc) is 3.29. The van der Waals surface area contributed by atoms with Crippen LogP contribution in [-0.2, 0) is 28.6 Å². The van der Waals surface area contributed by atoms with Crippen LogP contribution in [0.4, 0.5) is 0 Å². The van der Waals surface area contributed by atoms with E-state index < -0.39 is 6.10 Å². The van der Waals surface area contributed by atoms with Gasteiger partial charge in [-0.1, -0.05) is 298 Å². The molecule has 0 radical (unpaired) electrons. The molecule has 0 fully saturated rings. The topological polar surface area (TPSA) is 78.9 Å². The van der Waals surface area contributed by atoms with Gasteiger partial charge in [0.15, 0.2) is 6.10 Å². The lowest BCUT2D eigenvalue weighted by atomic mass is 10.0. The first-order chi connectivity index (χ1) is 32.2. The third-order valence-corrected chi connectivity index (χ3v) is 13.7. The molecule has 1 atom stereocenters. The molecule has 0 heterocycles. The second-order valence-corrected chi connectivity index (χ2v) is 21.6. The third-order valence-electron chi connectivity index (χ3n) is 13.7. The Hall–Kier alpha value is -1.59. The minimum atomic E-state index is -0.763.